The molecular formula is C17H16N4O4S. The molecule has 3 aromatic rings. The van der Waals surface area contributed by atoms with Crippen molar-refractivity contribution in [3.05, 3.63) is 42.7 Å². The molecule has 2 aromatic heterocycles. The summed E-state index contributed by atoms with van der Waals surface area (Å²) in [4.78, 5) is 16.1. The maximum Gasteiger partial charge on any atom is 0.277 e. The Morgan fingerprint density at radius 3 is 2.69 bits per heavy atom. The molecule has 0 fully saturated rings. The van der Waals surface area contributed by atoms with E-state index in [0.717, 1.165) is 17.3 Å². The van der Waals surface area contributed by atoms with Crippen LogP contribution in [0.3, 0.4) is 0 Å². The molecule has 0 atom stereocenters. The van der Waals surface area contributed by atoms with Crippen LogP contribution in [0.15, 0.2) is 52.4 Å². The number of thioether (sulfide) groups is 1. The molecule has 1 amide bonds. The van der Waals surface area contributed by atoms with Crippen molar-refractivity contribution in [2.75, 3.05) is 25.3 Å². The van der Waals surface area contributed by atoms with Crippen LogP contribution in [0.2, 0.25) is 0 Å². The number of hydrogen-bond donors (Lipinski definition) is 1. The van der Waals surface area contributed by atoms with Crippen LogP contribution in [0.5, 0.6) is 11.5 Å². The van der Waals surface area contributed by atoms with Gasteiger partial charge in [0.15, 0.2) is 0 Å². The van der Waals surface area contributed by atoms with Gasteiger partial charge in [0.2, 0.25) is 11.8 Å². The van der Waals surface area contributed by atoms with Gasteiger partial charge in [-0.05, 0) is 24.3 Å². The highest BCUT2D eigenvalue weighted by molar-refractivity contribution is 7.99. The van der Waals surface area contributed by atoms with Crippen LogP contribution in [-0.4, -0.2) is 41.1 Å². The maximum atomic E-state index is 12.2. The number of carbonyl (C=O) groups is 1. The van der Waals surface area contributed by atoms with Crippen molar-refractivity contribution in [1.29, 1.82) is 0 Å². The molecular weight excluding hydrogens is 356 g/mol. The van der Waals surface area contributed by atoms with Crippen molar-refractivity contribution in [3.63, 3.8) is 0 Å². The highest BCUT2D eigenvalue weighted by Crippen LogP contribution is 2.29. The summed E-state index contributed by atoms with van der Waals surface area (Å²) in [5, 5.41) is 11.0. The lowest BCUT2D eigenvalue weighted by molar-refractivity contribution is -0.113. The monoisotopic (exact) mass is 372 g/mol. The first-order chi connectivity index (χ1) is 12.7. The minimum atomic E-state index is -0.220. The van der Waals surface area contributed by atoms with E-state index in [2.05, 4.69) is 20.5 Å². The molecule has 0 unspecified atom stereocenters. The number of nitrogens with one attached hydrogen (secondary N) is 1. The standard InChI is InChI=1S/C17H16N4O4S/c1-23-12-3-4-13(14(9-12)24-2)19-15(22)10-26-17-21-20-16(25-17)11-5-7-18-8-6-11/h3-9H,10H2,1-2H3,(H,19,22). The molecule has 2 heterocycles. The Kier molecular flexibility index (Phi) is 5.69. The van der Waals surface area contributed by atoms with Gasteiger partial charge in [-0.25, -0.2) is 0 Å². The quantitative estimate of drug-likeness (QED) is 0.632. The van der Waals surface area contributed by atoms with Crippen LogP contribution in [0.25, 0.3) is 11.5 Å². The minimum Gasteiger partial charge on any atom is -0.497 e. The fraction of sp³-hybridized carbons (Fsp3) is 0.176. The Morgan fingerprint density at radius 1 is 1.15 bits per heavy atom. The summed E-state index contributed by atoms with van der Waals surface area (Å²) in [6.07, 6.45) is 3.28. The first-order valence-electron chi connectivity index (χ1n) is 7.58. The summed E-state index contributed by atoms with van der Waals surface area (Å²) < 4.78 is 15.9. The number of hydrogen-bond acceptors (Lipinski definition) is 8. The smallest absolute Gasteiger partial charge is 0.277 e. The van der Waals surface area contributed by atoms with Crippen LogP contribution < -0.4 is 14.8 Å². The molecule has 3 rings (SSSR count). The number of pyridine rings is 1. The second kappa shape index (κ2) is 8.34. The van der Waals surface area contributed by atoms with E-state index in [-0.39, 0.29) is 11.7 Å². The van der Waals surface area contributed by atoms with Crippen molar-refractivity contribution >= 4 is 23.4 Å². The van der Waals surface area contributed by atoms with Gasteiger partial charge in [0.05, 0.1) is 25.7 Å². The number of aromatic nitrogens is 3. The van der Waals surface area contributed by atoms with Crippen LogP contribution >= 0.6 is 11.8 Å². The fourth-order valence-electron chi connectivity index (χ4n) is 2.09. The molecule has 0 spiro atoms. The Hall–Kier alpha value is -3.07. The molecule has 134 valence electrons. The zero-order chi connectivity index (χ0) is 18.4. The van der Waals surface area contributed by atoms with Gasteiger partial charge in [0.1, 0.15) is 11.5 Å². The summed E-state index contributed by atoms with van der Waals surface area (Å²) in [6, 6.07) is 8.69. The topological polar surface area (TPSA) is 99.4 Å². The summed E-state index contributed by atoms with van der Waals surface area (Å²) in [5.41, 5.74) is 1.33. The van der Waals surface area contributed by atoms with Gasteiger partial charge in [-0.1, -0.05) is 11.8 Å². The Bertz CT molecular complexity index is 885. The van der Waals surface area contributed by atoms with E-state index >= 15 is 0 Å². The highest BCUT2D eigenvalue weighted by atomic mass is 32.2. The van der Waals surface area contributed by atoms with Gasteiger partial charge in [-0.3, -0.25) is 9.78 Å². The fourth-order valence-corrected chi connectivity index (χ4v) is 2.66. The van der Waals surface area contributed by atoms with Gasteiger partial charge in [0, 0.05) is 24.0 Å². The molecule has 26 heavy (non-hydrogen) atoms. The van der Waals surface area contributed by atoms with Crippen LogP contribution in [0.1, 0.15) is 0 Å². The third kappa shape index (κ3) is 4.31. The van der Waals surface area contributed by atoms with Crippen molar-refractivity contribution in [1.82, 2.24) is 15.2 Å². The second-order valence-corrected chi connectivity index (χ2v) is 5.94. The number of anilines is 1. The maximum absolute atomic E-state index is 12.2. The largest absolute Gasteiger partial charge is 0.497 e. The van der Waals surface area contributed by atoms with E-state index < -0.39 is 0 Å². The molecule has 0 aliphatic rings. The molecule has 9 heteroatoms. The number of amides is 1. The number of benzene rings is 1. The van der Waals surface area contributed by atoms with E-state index in [4.69, 9.17) is 13.9 Å². The normalized spacial score (nSPS) is 10.4. The lowest BCUT2D eigenvalue weighted by Gasteiger charge is -2.11. The molecule has 0 bridgehead atoms. The molecule has 8 nitrogen and oxygen atoms in total. The minimum absolute atomic E-state index is 0.118. The van der Waals surface area contributed by atoms with E-state index in [1.807, 2.05) is 0 Å². The van der Waals surface area contributed by atoms with Crippen molar-refractivity contribution in [2.45, 2.75) is 5.22 Å². The molecule has 0 aliphatic heterocycles. The second-order valence-electron chi connectivity index (χ2n) is 5.01. The average Bonchev–Trinajstić information content (AvgIpc) is 3.16. The molecule has 0 radical (unpaired) electrons. The van der Waals surface area contributed by atoms with Gasteiger partial charge in [-0.15, -0.1) is 10.2 Å². The van der Waals surface area contributed by atoms with Crippen molar-refractivity contribution in [2.24, 2.45) is 0 Å². The van der Waals surface area contributed by atoms with Crippen LogP contribution in [-0.2, 0) is 4.79 Å². The number of rotatable bonds is 7. The van der Waals surface area contributed by atoms with E-state index in [0.29, 0.717) is 28.3 Å². The van der Waals surface area contributed by atoms with Crippen molar-refractivity contribution in [3.8, 4) is 23.0 Å². The molecule has 1 N–H and O–H groups in total. The SMILES string of the molecule is COc1ccc(NC(=O)CSc2nnc(-c3ccncc3)o2)c(OC)c1. The van der Waals surface area contributed by atoms with Gasteiger partial charge in [0.25, 0.3) is 5.22 Å². The first-order valence-corrected chi connectivity index (χ1v) is 8.56. The van der Waals surface area contributed by atoms with E-state index in [9.17, 15) is 4.79 Å². The lowest BCUT2D eigenvalue weighted by Crippen LogP contribution is -2.14. The Morgan fingerprint density at radius 2 is 1.96 bits per heavy atom. The van der Waals surface area contributed by atoms with Gasteiger partial charge >= 0.3 is 0 Å². The Labute approximate surface area is 153 Å². The third-order valence-corrected chi connectivity index (χ3v) is 4.16. The first kappa shape index (κ1) is 17.7. The zero-order valence-corrected chi connectivity index (χ0v) is 14.9. The predicted octanol–water partition coefficient (Wildman–Crippen LogP) is 2.88. The number of methoxy groups -OCH3 is 2. The van der Waals surface area contributed by atoms with Crippen LogP contribution in [0.4, 0.5) is 5.69 Å². The Balaban J connectivity index is 1.59. The number of carbonyl (C=O) groups excluding carboxylic acids is 1. The lowest BCUT2D eigenvalue weighted by atomic mass is 10.2. The summed E-state index contributed by atoms with van der Waals surface area (Å²) >= 11 is 1.15. The van der Waals surface area contributed by atoms with Gasteiger partial charge < -0.3 is 19.2 Å². The van der Waals surface area contributed by atoms with Crippen LogP contribution in [0, 0.1) is 0 Å². The van der Waals surface area contributed by atoms with E-state index in [1.165, 1.54) is 7.11 Å². The predicted molar refractivity (Wildman–Crippen MR) is 96.4 cm³/mol. The van der Waals surface area contributed by atoms with Gasteiger partial charge in [-0.2, -0.15) is 0 Å². The van der Waals surface area contributed by atoms with E-state index in [1.54, 1.807) is 49.8 Å². The highest BCUT2D eigenvalue weighted by Gasteiger charge is 2.13. The molecule has 0 saturated carbocycles. The number of ether oxygens (including phenoxy) is 2. The average molecular weight is 372 g/mol. The van der Waals surface area contributed by atoms with Crippen molar-refractivity contribution < 1.29 is 18.7 Å². The summed E-state index contributed by atoms with van der Waals surface area (Å²) in [5.74, 6) is 1.44. The molecule has 0 saturated heterocycles. The third-order valence-electron chi connectivity index (χ3n) is 3.34. The molecule has 0 aliphatic carbocycles. The zero-order valence-electron chi connectivity index (χ0n) is 14.1. The number of nitrogens with zero attached hydrogens (tertiary/aromatic N) is 3. The summed E-state index contributed by atoms with van der Waals surface area (Å²) in [7, 11) is 3.09. The summed E-state index contributed by atoms with van der Waals surface area (Å²) in [6.45, 7) is 0. The molecule has 1 aromatic carbocycles.